The van der Waals surface area contributed by atoms with E-state index >= 15 is 0 Å². The Morgan fingerprint density at radius 2 is 2.18 bits per heavy atom. The zero-order valence-corrected chi connectivity index (χ0v) is 15.9. The number of aliphatic imine (C=N–C) groups is 1. The van der Waals surface area contributed by atoms with Crippen molar-refractivity contribution in [2.45, 2.75) is 0 Å². The van der Waals surface area contributed by atoms with Crippen molar-refractivity contribution in [2.24, 2.45) is 4.99 Å². The van der Waals surface area contributed by atoms with Crippen LogP contribution in [0.4, 0.5) is 5.13 Å². The second-order valence-corrected chi connectivity index (χ2v) is 7.50. The van der Waals surface area contributed by atoms with E-state index in [4.69, 9.17) is 4.74 Å². The Labute approximate surface area is 153 Å². The van der Waals surface area contributed by atoms with Crippen LogP contribution in [0.25, 0.3) is 10.2 Å². The lowest BCUT2D eigenvalue weighted by Crippen LogP contribution is -1.86. The number of rotatable bonds is 3. The van der Waals surface area contributed by atoms with Gasteiger partial charge in [-0.05, 0) is 52.9 Å². The average molecular weight is 489 g/mol. The van der Waals surface area contributed by atoms with E-state index in [2.05, 4.69) is 48.5 Å². The van der Waals surface area contributed by atoms with Gasteiger partial charge in [-0.1, -0.05) is 27.3 Å². The van der Waals surface area contributed by atoms with Crippen LogP contribution in [-0.2, 0) is 0 Å². The second-order valence-electron chi connectivity index (χ2n) is 4.41. The molecule has 3 aromatic rings. The molecule has 1 N–H and O–H groups in total. The fourth-order valence-corrected chi connectivity index (χ4v) is 4.27. The summed E-state index contributed by atoms with van der Waals surface area (Å²) in [6.07, 6.45) is 1.62. The molecule has 0 radical (unpaired) electrons. The smallest absolute Gasteiger partial charge is 0.210 e. The summed E-state index contributed by atoms with van der Waals surface area (Å²) in [6, 6.07) is 9.38. The number of benzene rings is 2. The summed E-state index contributed by atoms with van der Waals surface area (Å²) in [5, 5.41) is 10.7. The van der Waals surface area contributed by atoms with Gasteiger partial charge < -0.3 is 9.84 Å². The van der Waals surface area contributed by atoms with E-state index in [-0.39, 0.29) is 5.75 Å². The van der Waals surface area contributed by atoms with Gasteiger partial charge in [-0.15, -0.1) is 0 Å². The number of halogens is 2. The molecule has 0 amide bonds. The van der Waals surface area contributed by atoms with Crippen molar-refractivity contribution in [1.29, 1.82) is 0 Å². The van der Waals surface area contributed by atoms with Crippen molar-refractivity contribution >= 4 is 71.4 Å². The fraction of sp³-hybridized carbons (Fsp3) is 0.0667. The highest BCUT2D eigenvalue weighted by atomic mass is 127. The van der Waals surface area contributed by atoms with Crippen molar-refractivity contribution in [3.8, 4) is 11.5 Å². The molecule has 7 heteroatoms. The zero-order valence-electron chi connectivity index (χ0n) is 11.4. The number of hydrogen-bond acceptors (Lipinski definition) is 5. The molecule has 1 aromatic heterocycles. The van der Waals surface area contributed by atoms with Crippen LogP contribution in [0, 0.1) is 3.57 Å². The van der Waals surface area contributed by atoms with E-state index in [9.17, 15) is 5.11 Å². The van der Waals surface area contributed by atoms with E-state index in [0.29, 0.717) is 10.7 Å². The number of aromatic hydroxyl groups is 1. The van der Waals surface area contributed by atoms with Gasteiger partial charge in [0.1, 0.15) is 11.5 Å². The molecule has 0 saturated carbocycles. The SMILES string of the molecule is COc1ccc2nc(N=Cc3cc(Br)cc(I)c3O)sc2c1. The van der Waals surface area contributed by atoms with Crippen LogP contribution in [0.2, 0.25) is 0 Å². The summed E-state index contributed by atoms with van der Waals surface area (Å²) < 4.78 is 7.88. The molecular weight excluding hydrogens is 479 g/mol. The maximum Gasteiger partial charge on any atom is 0.210 e. The molecule has 0 aliphatic heterocycles. The summed E-state index contributed by atoms with van der Waals surface area (Å²) in [5.41, 5.74) is 1.53. The van der Waals surface area contributed by atoms with Crippen LogP contribution in [0.15, 0.2) is 39.8 Å². The van der Waals surface area contributed by atoms with E-state index in [1.54, 1.807) is 13.3 Å². The van der Waals surface area contributed by atoms with Crippen molar-refractivity contribution in [3.05, 3.63) is 43.9 Å². The predicted molar refractivity (Wildman–Crippen MR) is 102 cm³/mol. The van der Waals surface area contributed by atoms with E-state index in [1.165, 1.54) is 11.3 Å². The Hall–Kier alpha value is -1.19. The average Bonchev–Trinajstić information content (AvgIpc) is 2.91. The van der Waals surface area contributed by atoms with Crippen LogP contribution in [0.3, 0.4) is 0 Å². The van der Waals surface area contributed by atoms with Gasteiger partial charge >= 0.3 is 0 Å². The molecule has 22 heavy (non-hydrogen) atoms. The molecule has 3 rings (SSSR count). The van der Waals surface area contributed by atoms with Gasteiger partial charge in [0.05, 0.1) is 20.9 Å². The molecule has 112 valence electrons. The van der Waals surface area contributed by atoms with Crippen LogP contribution >= 0.6 is 49.9 Å². The Morgan fingerprint density at radius 3 is 2.95 bits per heavy atom. The lowest BCUT2D eigenvalue weighted by molar-refractivity contribution is 0.415. The molecule has 2 aromatic carbocycles. The number of methoxy groups -OCH3 is 1. The molecule has 0 aliphatic rings. The van der Waals surface area contributed by atoms with E-state index < -0.39 is 0 Å². The van der Waals surface area contributed by atoms with Gasteiger partial charge in [0.25, 0.3) is 0 Å². The number of phenolic OH excluding ortho intramolecular Hbond substituents is 1. The van der Waals surface area contributed by atoms with Crippen molar-refractivity contribution < 1.29 is 9.84 Å². The minimum absolute atomic E-state index is 0.218. The maximum atomic E-state index is 10.1. The molecule has 0 saturated heterocycles. The predicted octanol–water partition coefficient (Wildman–Crippen LogP) is 5.13. The van der Waals surface area contributed by atoms with Gasteiger partial charge in [0.2, 0.25) is 5.13 Å². The number of ether oxygens (including phenoxy) is 1. The minimum atomic E-state index is 0.218. The van der Waals surface area contributed by atoms with Crippen LogP contribution in [0.1, 0.15) is 5.56 Å². The van der Waals surface area contributed by atoms with Crippen molar-refractivity contribution in [3.63, 3.8) is 0 Å². The number of thiazole rings is 1. The monoisotopic (exact) mass is 488 g/mol. The molecule has 1 heterocycles. The quantitative estimate of drug-likeness (QED) is 0.410. The zero-order chi connectivity index (χ0) is 15.7. The number of nitrogens with zero attached hydrogens (tertiary/aromatic N) is 2. The third kappa shape index (κ3) is 3.26. The number of phenols is 1. The Kier molecular flexibility index (Phi) is 4.65. The van der Waals surface area contributed by atoms with Gasteiger partial charge in [0, 0.05) is 16.3 Å². The molecule has 0 aliphatic carbocycles. The molecule has 0 atom stereocenters. The van der Waals surface area contributed by atoms with E-state index in [0.717, 1.165) is 24.0 Å². The van der Waals surface area contributed by atoms with Crippen molar-refractivity contribution in [1.82, 2.24) is 4.98 Å². The van der Waals surface area contributed by atoms with Crippen LogP contribution < -0.4 is 4.74 Å². The highest BCUT2D eigenvalue weighted by molar-refractivity contribution is 14.1. The normalized spacial score (nSPS) is 11.4. The summed E-state index contributed by atoms with van der Waals surface area (Å²) in [4.78, 5) is 8.82. The molecular formula is C15H10BrIN2O2S. The Bertz CT molecular complexity index is 879. The standard InChI is InChI=1S/C15H10BrIN2O2S/c1-21-10-2-3-12-13(6-10)22-15(19-12)18-7-8-4-9(16)5-11(17)14(8)20/h2-7,20H,1H3. The highest BCUT2D eigenvalue weighted by Crippen LogP contribution is 2.32. The lowest BCUT2D eigenvalue weighted by atomic mass is 10.2. The fourth-order valence-electron chi connectivity index (χ4n) is 1.88. The van der Waals surface area contributed by atoms with Gasteiger partial charge in [-0.3, -0.25) is 0 Å². The Balaban J connectivity index is 1.96. The molecule has 0 fully saturated rings. The summed E-state index contributed by atoms with van der Waals surface area (Å²) in [6.45, 7) is 0. The first-order chi connectivity index (χ1) is 10.6. The molecule has 0 unspecified atom stereocenters. The topological polar surface area (TPSA) is 54.7 Å². The summed E-state index contributed by atoms with van der Waals surface area (Å²) in [7, 11) is 1.64. The molecule has 0 bridgehead atoms. The number of hydrogen-bond donors (Lipinski definition) is 1. The number of fused-ring (bicyclic) bond motifs is 1. The largest absolute Gasteiger partial charge is 0.506 e. The van der Waals surface area contributed by atoms with Crippen molar-refractivity contribution in [2.75, 3.05) is 7.11 Å². The lowest BCUT2D eigenvalue weighted by Gasteiger charge is -2.02. The minimum Gasteiger partial charge on any atom is -0.506 e. The second kappa shape index (κ2) is 6.51. The first-order valence-electron chi connectivity index (χ1n) is 6.23. The molecule has 4 nitrogen and oxygen atoms in total. The van der Waals surface area contributed by atoms with Gasteiger partial charge in [-0.25, -0.2) is 9.98 Å². The summed E-state index contributed by atoms with van der Waals surface area (Å²) >= 11 is 6.97. The summed E-state index contributed by atoms with van der Waals surface area (Å²) in [5.74, 6) is 1.01. The number of aromatic nitrogens is 1. The van der Waals surface area contributed by atoms with Gasteiger partial charge in [-0.2, -0.15) is 0 Å². The van der Waals surface area contributed by atoms with Gasteiger partial charge in [0.15, 0.2) is 0 Å². The van der Waals surface area contributed by atoms with Crippen LogP contribution in [0.5, 0.6) is 11.5 Å². The van der Waals surface area contributed by atoms with E-state index in [1.807, 2.05) is 30.3 Å². The van der Waals surface area contributed by atoms with Crippen LogP contribution in [-0.4, -0.2) is 23.4 Å². The maximum absolute atomic E-state index is 10.1. The third-order valence-corrected chi connectivity index (χ3v) is 5.16. The molecule has 0 spiro atoms. The first kappa shape index (κ1) is 15.7. The third-order valence-electron chi connectivity index (χ3n) is 2.96. The highest BCUT2D eigenvalue weighted by Gasteiger charge is 2.07. The first-order valence-corrected chi connectivity index (χ1v) is 8.92. The Morgan fingerprint density at radius 1 is 1.36 bits per heavy atom.